The zero-order valence-electron chi connectivity index (χ0n) is 8.59. The van der Waals surface area contributed by atoms with Gasteiger partial charge in [0.2, 0.25) is 0 Å². The highest BCUT2D eigenvalue weighted by molar-refractivity contribution is 5.91. The average Bonchev–Trinajstić information content (AvgIpc) is 2.29. The number of nitrogens with zero attached hydrogens (tertiary/aromatic N) is 2. The smallest absolute Gasteiger partial charge is 0.274 e. The summed E-state index contributed by atoms with van der Waals surface area (Å²) < 4.78 is 0. The minimum atomic E-state index is -0.445. The van der Waals surface area contributed by atoms with Gasteiger partial charge >= 0.3 is 0 Å². The van der Waals surface area contributed by atoms with E-state index in [-0.39, 0.29) is 32.0 Å². The highest BCUT2D eigenvalue weighted by Gasteiger charge is 2.15. The molecule has 1 aromatic rings. The highest BCUT2D eigenvalue weighted by Crippen LogP contribution is 1.98. The van der Waals surface area contributed by atoms with Crippen LogP contribution < -0.4 is 5.56 Å². The summed E-state index contributed by atoms with van der Waals surface area (Å²) in [4.78, 5) is 29.7. The molecule has 0 saturated carbocycles. The van der Waals surface area contributed by atoms with Crippen LogP contribution in [0.1, 0.15) is 10.5 Å². The summed E-state index contributed by atoms with van der Waals surface area (Å²) in [5.41, 5.74) is -0.325. The fourth-order valence-electron chi connectivity index (χ4n) is 1.18. The molecule has 0 aromatic carbocycles. The summed E-state index contributed by atoms with van der Waals surface area (Å²) >= 11 is 0. The number of hydrogen-bond acceptors (Lipinski definition) is 5. The highest BCUT2D eigenvalue weighted by atomic mass is 16.3. The van der Waals surface area contributed by atoms with Gasteiger partial charge in [0.25, 0.3) is 11.5 Å². The third kappa shape index (κ3) is 3.14. The molecule has 0 bridgehead atoms. The number of nitrogens with one attached hydrogen (secondary N) is 1. The molecule has 1 aromatic heterocycles. The van der Waals surface area contributed by atoms with Gasteiger partial charge in [-0.3, -0.25) is 9.59 Å². The van der Waals surface area contributed by atoms with Crippen LogP contribution >= 0.6 is 0 Å². The van der Waals surface area contributed by atoms with Crippen LogP contribution in [-0.2, 0) is 0 Å². The number of amides is 1. The zero-order chi connectivity index (χ0) is 12.0. The van der Waals surface area contributed by atoms with E-state index in [0.29, 0.717) is 0 Å². The molecule has 0 atom stereocenters. The minimum absolute atomic E-state index is 0.0708. The lowest BCUT2D eigenvalue weighted by Crippen LogP contribution is -2.36. The number of hydrogen-bond donors (Lipinski definition) is 3. The van der Waals surface area contributed by atoms with E-state index in [2.05, 4.69) is 9.97 Å². The number of aliphatic hydroxyl groups excluding tert-OH is 2. The lowest BCUT2D eigenvalue weighted by Gasteiger charge is -2.19. The first kappa shape index (κ1) is 12.3. The largest absolute Gasteiger partial charge is 0.395 e. The Labute approximate surface area is 91.4 Å². The van der Waals surface area contributed by atoms with E-state index in [1.807, 2.05) is 0 Å². The van der Waals surface area contributed by atoms with Crippen molar-refractivity contribution >= 4 is 5.91 Å². The summed E-state index contributed by atoms with van der Waals surface area (Å²) in [6.45, 7) is -0.176. The first-order chi connectivity index (χ1) is 7.69. The minimum Gasteiger partial charge on any atom is -0.395 e. The van der Waals surface area contributed by atoms with Crippen LogP contribution in [0.25, 0.3) is 0 Å². The van der Waals surface area contributed by atoms with Gasteiger partial charge in [-0.1, -0.05) is 0 Å². The van der Waals surface area contributed by atoms with E-state index >= 15 is 0 Å². The van der Waals surface area contributed by atoms with Gasteiger partial charge in [0, 0.05) is 19.3 Å². The van der Waals surface area contributed by atoms with Crippen LogP contribution in [0.2, 0.25) is 0 Å². The van der Waals surface area contributed by atoms with Gasteiger partial charge in [0.05, 0.1) is 19.4 Å². The summed E-state index contributed by atoms with van der Waals surface area (Å²) in [6, 6.07) is 0. The Hall–Kier alpha value is -1.73. The standard InChI is InChI=1S/C9H13N3O4/c13-3-1-12(2-4-14)9(16)7-5-11-8(15)6-10-7/h5-6,13-14H,1-4H2,(H,11,15). The maximum atomic E-state index is 11.8. The van der Waals surface area contributed by atoms with Crippen LogP contribution in [0.3, 0.4) is 0 Å². The molecule has 1 amide bonds. The third-order valence-corrected chi connectivity index (χ3v) is 1.92. The molecule has 1 heterocycles. The van der Waals surface area contributed by atoms with Crippen molar-refractivity contribution in [2.24, 2.45) is 0 Å². The van der Waals surface area contributed by atoms with Gasteiger partial charge in [-0.15, -0.1) is 0 Å². The second-order valence-electron chi connectivity index (χ2n) is 3.04. The number of aromatic nitrogens is 2. The first-order valence-electron chi connectivity index (χ1n) is 4.74. The number of aromatic amines is 1. The van der Waals surface area contributed by atoms with Crippen molar-refractivity contribution in [3.05, 3.63) is 28.4 Å². The lowest BCUT2D eigenvalue weighted by atomic mass is 10.3. The van der Waals surface area contributed by atoms with Gasteiger partial charge in [-0.25, -0.2) is 4.98 Å². The molecule has 1 rings (SSSR count). The summed E-state index contributed by atoms with van der Waals surface area (Å²) in [7, 11) is 0. The van der Waals surface area contributed by atoms with E-state index in [4.69, 9.17) is 10.2 Å². The van der Waals surface area contributed by atoms with E-state index in [1.54, 1.807) is 0 Å². The molecule has 7 nitrogen and oxygen atoms in total. The normalized spacial score (nSPS) is 10.1. The van der Waals surface area contributed by atoms with E-state index < -0.39 is 11.5 Å². The molecule has 0 fully saturated rings. The quantitative estimate of drug-likeness (QED) is 0.550. The molecular weight excluding hydrogens is 214 g/mol. The second-order valence-corrected chi connectivity index (χ2v) is 3.04. The fourth-order valence-corrected chi connectivity index (χ4v) is 1.18. The number of rotatable bonds is 5. The van der Waals surface area contributed by atoms with Crippen molar-refractivity contribution < 1.29 is 15.0 Å². The molecule has 16 heavy (non-hydrogen) atoms. The summed E-state index contributed by atoms with van der Waals surface area (Å²) in [5.74, 6) is -0.445. The lowest BCUT2D eigenvalue weighted by molar-refractivity contribution is 0.0678. The Morgan fingerprint density at radius 2 is 2.00 bits per heavy atom. The van der Waals surface area contributed by atoms with E-state index in [1.165, 1.54) is 11.1 Å². The number of aliphatic hydroxyl groups is 2. The molecule has 0 aliphatic heterocycles. The number of carbonyl (C=O) groups excluding carboxylic acids is 1. The second kappa shape index (κ2) is 5.99. The average molecular weight is 227 g/mol. The van der Waals surface area contributed by atoms with Gasteiger partial charge in [0.15, 0.2) is 0 Å². The molecule has 88 valence electrons. The fraction of sp³-hybridized carbons (Fsp3) is 0.444. The Kier molecular flexibility index (Phi) is 4.62. The molecule has 0 saturated heterocycles. The molecular formula is C9H13N3O4. The van der Waals surface area contributed by atoms with Gasteiger partial charge < -0.3 is 20.1 Å². The molecule has 0 unspecified atom stereocenters. The van der Waals surface area contributed by atoms with Crippen molar-refractivity contribution in [2.45, 2.75) is 0 Å². The first-order valence-corrected chi connectivity index (χ1v) is 4.74. The number of carbonyl (C=O) groups is 1. The van der Waals surface area contributed by atoms with Crippen molar-refractivity contribution in [3.63, 3.8) is 0 Å². The van der Waals surface area contributed by atoms with Gasteiger partial charge in [-0.05, 0) is 0 Å². The summed E-state index contributed by atoms with van der Waals surface area (Å²) in [6.07, 6.45) is 2.20. The molecule has 0 aliphatic rings. The monoisotopic (exact) mass is 227 g/mol. The Bertz CT molecular complexity index is 377. The molecule has 0 aliphatic carbocycles. The van der Waals surface area contributed by atoms with Crippen LogP contribution in [0.5, 0.6) is 0 Å². The predicted molar refractivity (Wildman–Crippen MR) is 54.9 cm³/mol. The van der Waals surface area contributed by atoms with Crippen LogP contribution in [0, 0.1) is 0 Å². The predicted octanol–water partition coefficient (Wildman–Crippen LogP) is -1.80. The van der Waals surface area contributed by atoms with E-state index in [0.717, 1.165) is 6.20 Å². The Morgan fingerprint density at radius 1 is 1.38 bits per heavy atom. The summed E-state index contributed by atoms with van der Waals surface area (Å²) in [5, 5.41) is 17.5. The molecule has 3 N–H and O–H groups in total. The molecule has 0 radical (unpaired) electrons. The van der Waals surface area contributed by atoms with Crippen LogP contribution in [-0.4, -0.2) is 57.3 Å². The number of H-pyrrole nitrogens is 1. The van der Waals surface area contributed by atoms with Crippen molar-refractivity contribution in [2.75, 3.05) is 26.3 Å². The third-order valence-electron chi connectivity index (χ3n) is 1.92. The van der Waals surface area contributed by atoms with Crippen molar-refractivity contribution in [1.29, 1.82) is 0 Å². The topological polar surface area (TPSA) is 107 Å². The van der Waals surface area contributed by atoms with Gasteiger partial charge in [0.1, 0.15) is 5.69 Å². The Morgan fingerprint density at radius 3 is 2.44 bits per heavy atom. The van der Waals surface area contributed by atoms with Crippen LogP contribution in [0.15, 0.2) is 17.2 Å². The van der Waals surface area contributed by atoms with Crippen LogP contribution in [0.4, 0.5) is 0 Å². The zero-order valence-corrected chi connectivity index (χ0v) is 8.59. The Balaban J connectivity index is 2.81. The molecule has 7 heteroatoms. The van der Waals surface area contributed by atoms with Crippen molar-refractivity contribution in [1.82, 2.24) is 14.9 Å². The maximum absolute atomic E-state index is 11.8. The van der Waals surface area contributed by atoms with Crippen molar-refractivity contribution in [3.8, 4) is 0 Å². The van der Waals surface area contributed by atoms with Gasteiger partial charge in [-0.2, -0.15) is 0 Å². The van der Waals surface area contributed by atoms with E-state index in [9.17, 15) is 9.59 Å². The molecule has 0 spiro atoms. The SMILES string of the molecule is O=C(c1c[nH]c(=O)cn1)N(CCO)CCO. The maximum Gasteiger partial charge on any atom is 0.274 e.